The Morgan fingerprint density at radius 3 is 3.04 bits per heavy atom. The fourth-order valence-corrected chi connectivity index (χ4v) is 3.43. The maximum absolute atomic E-state index is 10.4. The highest BCUT2D eigenvalue weighted by Gasteiger charge is 2.32. The molecule has 0 bridgehead atoms. The molecule has 0 radical (unpaired) electrons. The molecule has 8 nitrogen and oxygen atoms in total. The minimum Gasteiger partial charge on any atom is -0.386 e. The van der Waals surface area contributed by atoms with Crippen molar-refractivity contribution in [2.24, 2.45) is 5.92 Å². The van der Waals surface area contributed by atoms with E-state index in [-0.39, 0.29) is 0 Å². The quantitative estimate of drug-likeness (QED) is 0.797. The third kappa shape index (κ3) is 3.09. The van der Waals surface area contributed by atoms with E-state index >= 15 is 0 Å². The van der Waals surface area contributed by atoms with Crippen molar-refractivity contribution in [3.8, 4) is 0 Å². The van der Waals surface area contributed by atoms with Gasteiger partial charge in [0, 0.05) is 38.7 Å². The number of fused-ring (bicyclic) bond motifs is 1. The maximum atomic E-state index is 10.4. The molecular weight excluding hydrogens is 308 g/mol. The first-order valence-corrected chi connectivity index (χ1v) is 8.58. The van der Waals surface area contributed by atoms with Gasteiger partial charge in [-0.3, -0.25) is 0 Å². The smallest absolute Gasteiger partial charge is 0.178 e. The third-order valence-electron chi connectivity index (χ3n) is 4.87. The number of rotatable bonds is 5. The molecule has 0 spiro atoms. The summed E-state index contributed by atoms with van der Waals surface area (Å²) in [4.78, 5) is 2.25. The van der Waals surface area contributed by atoms with E-state index < -0.39 is 5.60 Å². The molecule has 0 amide bonds. The van der Waals surface area contributed by atoms with Crippen molar-refractivity contribution in [3.63, 3.8) is 0 Å². The molecule has 2 saturated heterocycles. The normalized spacial score (nSPS) is 25.2. The van der Waals surface area contributed by atoms with E-state index in [2.05, 4.69) is 25.5 Å². The largest absolute Gasteiger partial charge is 0.386 e. The zero-order valence-corrected chi connectivity index (χ0v) is 14.0. The van der Waals surface area contributed by atoms with Gasteiger partial charge in [0.25, 0.3) is 0 Å². The van der Waals surface area contributed by atoms with Crippen molar-refractivity contribution in [1.82, 2.24) is 25.1 Å². The van der Waals surface area contributed by atoms with E-state index in [1.165, 1.54) is 0 Å². The first-order chi connectivity index (χ1) is 11.6. The van der Waals surface area contributed by atoms with Gasteiger partial charge in [0.15, 0.2) is 11.5 Å². The van der Waals surface area contributed by atoms with Crippen LogP contribution in [0.25, 0.3) is 5.65 Å². The summed E-state index contributed by atoms with van der Waals surface area (Å²) in [5, 5.41) is 26.5. The first kappa shape index (κ1) is 15.7. The summed E-state index contributed by atoms with van der Waals surface area (Å²) >= 11 is 0. The minimum atomic E-state index is -0.694. The molecule has 4 rings (SSSR count). The van der Waals surface area contributed by atoms with Crippen molar-refractivity contribution in [2.45, 2.75) is 25.4 Å². The Morgan fingerprint density at radius 1 is 1.38 bits per heavy atom. The molecular formula is C16H24N6O2. The van der Waals surface area contributed by atoms with Crippen LogP contribution in [0.15, 0.2) is 12.1 Å². The van der Waals surface area contributed by atoms with E-state index in [0.29, 0.717) is 19.1 Å². The van der Waals surface area contributed by atoms with Crippen LogP contribution in [0.5, 0.6) is 0 Å². The van der Waals surface area contributed by atoms with E-state index in [9.17, 15) is 5.11 Å². The lowest BCUT2D eigenvalue weighted by Gasteiger charge is -2.41. The van der Waals surface area contributed by atoms with E-state index in [0.717, 1.165) is 56.4 Å². The molecule has 0 saturated carbocycles. The summed E-state index contributed by atoms with van der Waals surface area (Å²) in [7, 11) is 0. The number of aliphatic hydroxyl groups is 1. The van der Waals surface area contributed by atoms with Gasteiger partial charge in [0.1, 0.15) is 11.4 Å². The molecule has 2 fully saturated rings. The number of ether oxygens (including phenoxy) is 1. The fraction of sp³-hybridized carbons (Fsp3) is 0.688. The van der Waals surface area contributed by atoms with Crippen molar-refractivity contribution in [1.29, 1.82) is 0 Å². The van der Waals surface area contributed by atoms with Gasteiger partial charge >= 0.3 is 0 Å². The zero-order valence-electron chi connectivity index (χ0n) is 14.0. The van der Waals surface area contributed by atoms with Gasteiger partial charge in [-0.1, -0.05) is 0 Å². The Kier molecular flexibility index (Phi) is 4.11. The van der Waals surface area contributed by atoms with E-state index in [1.807, 2.05) is 19.1 Å². The fourth-order valence-electron chi connectivity index (χ4n) is 3.43. The molecule has 24 heavy (non-hydrogen) atoms. The standard InChI is InChI=1S/C16H24N6O2/c1-12-18-19-14-3-4-15(20-22(12)14)21-8-13(9-21)7-17-10-16(23)5-2-6-24-11-16/h3-4,13,17,23H,2,5-11H2,1H3. The van der Waals surface area contributed by atoms with Gasteiger partial charge in [0.2, 0.25) is 0 Å². The Balaban J connectivity index is 1.26. The van der Waals surface area contributed by atoms with Crippen LogP contribution in [0, 0.1) is 12.8 Å². The Bertz CT molecular complexity index is 706. The van der Waals surface area contributed by atoms with Gasteiger partial charge in [-0.25, -0.2) is 0 Å². The van der Waals surface area contributed by atoms with Gasteiger partial charge in [0.05, 0.1) is 6.61 Å². The van der Waals surface area contributed by atoms with Crippen LogP contribution in [0.3, 0.4) is 0 Å². The third-order valence-corrected chi connectivity index (χ3v) is 4.87. The lowest BCUT2D eigenvalue weighted by molar-refractivity contribution is -0.0835. The van der Waals surface area contributed by atoms with Crippen LogP contribution < -0.4 is 10.2 Å². The maximum Gasteiger partial charge on any atom is 0.178 e. The molecule has 2 aliphatic rings. The SMILES string of the molecule is Cc1nnc2ccc(N3CC(CNCC4(O)CCCOC4)C3)nn12. The Morgan fingerprint density at radius 2 is 2.25 bits per heavy atom. The van der Waals surface area contributed by atoms with Gasteiger partial charge in [-0.05, 0) is 31.9 Å². The predicted molar refractivity (Wildman–Crippen MR) is 89.1 cm³/mol. The Labute approximate surface area is 140 Å². The monoisotopic (exact) mass is 332 g/mol. The number of hydrogen-bond acceptors (Lipinski definition) is 7. The lowest BCUT2D eigenvalue weighted by Crippen LogP contribution is -2.54. The predicted octanol–water partition coefficient (Wildman–Crippen LogP) is 0.0000200. The highest BCUT2D eigenvalue weighted by atomic mass is 16.5. The molecule has 4 heterocycles. The van der Waals surface area contributed by atoms with Crippen LogP contribution >= 0.6 is 0 Å². The summed E-state index contributed by atoms with van der Waals surface area (Å²) < 4.78 is 7.15. The van der Waals surface area contributed by atoms with Crippen LogP contribution in [0.2, 0.25) is 0 Å². The first-order valence-electron chi connectivity index (χ1n) is 8.58. The van der Waals surface area contributed by atoms with Gasteiger partial charge < -0.3 is 20.1 Å². The van der Waals surface area contributed by atoms with Crippen LogP contribution in [-0.4, -0.2) is 69.9 Å². The second kappa shape index (κ2) is 6.27. The molecule has 130 valence electrons. The molecule has 2 aliphatic heterocycles. The summed E-state index contributed by atoms with van der Waals surface area (Å²) in [5.41, 5.74) is 0.0816. The number of aromatic nitrogens is 4. The van der Waals surface area contributed by atoms with Crippen LogP contribution in [-0.2, 0) is 4.74 Å². The second-order valence-corrected chi connectivity index (χ2v) is 6.99. The highest BCUT2D eigenvalue weighted by molar-refractivity contribution is 5.47. The number of hydrogen-bond donors (Lipinski definition) is 2. The summed E-state index contributed by atoms with van der Waals surface area (Å²) in [5.74, 6) is 2.34. The molecule has 2 aromatic rings. The molecule has 1 unspecified atom stereocenters. The van der Waals surface area contributed by atoms with Crippen molar-refractivity contribution in [2.75, 3.05) is 44.3 Å². The molecule has 2 N–H and O–H groups in total. The van der Waals surface area contributed by atoms with Crippen LogP contribution in [0.1, 0.15) is 18.7 Å². The van der Waals surface area contributed by atoms with Crippen molar-refractivity contribution < 1.29 is 9.84 Å². The number of anilines is 1. The Hall–Kier alpha value is -1.77. The molecule has 8 heteroatoms. The van der Waals surface area contributed by atoms with Crippen molar-refractivity contribution >= 4 is 11.5 Å². The average Bonchev–Trinajstić information content (AvgIpc) is 2.91. The van der Waals surface area contributed by atoms with E-state index in [1.54, 1.807) is 4.52 Å². The topological polar surface area (TPSA) is 87.8 Å². The van der Waals surface area contributed by atoms with Gasteiger partial charge in [-0.2, -0.15) is 4.52 Å². The molecule has 0 aliphatic carbocycles. The average molecular weight is 332 g/mol. The molecule has 0 aromatic carbocycles. The summed E-state index contributed by atoms with van der Waals surface area (Å²) in [6, 6.07) is 3.95. The molecule has 1 atom stereocenters. The summed E-state index contributed by atoms with van der Waals surface area (Å²) in [6.45, 7) is 6.57. The number of nitrogens with one attached hydrogen (secondary N) is 1. The number of nitrogens with zero attached hydrogens (tertiary/aromatic N) is 5. The summed E-state index contributed by atoms with van der Waals surface area (Å²) in [6.07, 6.45) is 1.76. The molecule has 2 aromatic heterocycles. The van der Waals surface area contributed by atoms with Gasteiger partial charge in [-0.15, -0.1) is 15.3 Å². The number of aryl methyl sites for hydroxylation is 1. The van der Waals surface area contributed by atoms with E-state index in [4.69, 9.17) is 4.74 Å². The van der Waals surface area contributed by atoms with Crippen molar-refractivity contribution in [3.05, 3.63) is 18.0 Å². The van der Waals surface area contributed by atoms with Crippen LogP contribution in [0.4, 0.5) is 5.82 Å². The minimum absolute atomic E-state index is 0.443. The second-order valence-electron chi connectivity index (χ2n) is 6.99. The highest BCUT2D eigenvalue weighted by Crippen LogP contribution is 2.23. The lowest BCUT2D eigenvalue weighted by atomic mass is 9.95. The zero-order chi connectivity index (χ0) is 16.6.